The number of anilines is 1. The number of hydrogen-bond donors (Lipinski definition) is 2. The maximum Gasteiger partial charge on any atom is 0.277 e. The molecule has 0 fully saturated rings. The summed E-state index contributed by atoms with van der Waals surface area (Å²) in [5.41, 5.74) is 0.522. The molecule has 0 atom stereocenters. The van der Waals surface area contributed by atoms with E-state index in [0.29, 0.717) is 11.4 Å². The average molecular weight is 400 g/mol. The monoisotopic (exact) mass is 400 g/mol. The first-order valence-electron chi connectivity index (χ1n) is 8.47. The molecule has 2 N–H and O–H groups in total. The summed E-state index contributed by atoms with van der Waals surface area (Å²) in [6, 6.07) is 11.0. The molecule has 0 bridgehead atoms. The number of carbonyl (C=O) groups excluding carboxylic acids is 1. The Labute approximate surface area is 163 Å². The number of benzene rings is 1. The second-order valence-corrected chi connectivity index (χ2v) is 8.83. The summed E-state index contributed by atoms with van der Waals surface area (Å²) in [6.45, 7) is 5.25. The zero-order valence-electron chi connectivity index (χ0n) is 15.6. The Morgan fingerprint density at radius 2 is 1.79 bits per heavy atom. The van der Waals surface area contributed by atoms with Crippen LogP contribution in [0.2, 0.25) is 0 Å². The summed E-state index contributed by atoms with van der Waals surface area (Å²) in [4.78, 5) is 16.4. The van der Waals surface area contributed by atoms with Crippen molar-refractivity contribution in [2.24, 2.45) is 0 Å². The lowest BCUT2D eigenvalue weighted by Gasteiger charge is -2.20. The van der Waals surface area contributed by atoms with E-state index in [4.69, 9.17) is 4.52 Å². The van der Waals surface area contributed by atoms with Crippen LogP contribution < -0.4 is 10.0 Å². The summed E-state index contributed by atoms with van der Waals surface area (Å²) < 4.78 is 32.7. The quantitative estimate of drug-likeness (QED) is 0.680. The van der Waals surface area contributed by atoms with Crippen LogP contribution in [0.4, 0.5) is 5.69 Å². The second kappa shape index (κ2) is 7.53. The number of pyridine rings is 1. The van der Waals surface area contributed by atoms with Crippen LogP contribution in [-0.2, 0) is 10.0 Å². The largest absolute Gasteiger partial charge is 0.355 e. The molecule has 2 heterocycles. The number of hydrogen-bond acceptors (Lipinski definition) is 6. The molecule has 0 aliphatic rings. The molecule has 2 aromatic heterocycles. The highest BCUT2D eigenvalue weighted by molar-refractivity contribution is 7.89. The lowest BCUT2D eigenvalue weighted by Crippen LogP contribution is -2.40. The number of rotatable bonds is 5. The van der Waals surface area contributed by atoms with Crippen molar-refractivity contribution >= 4 is 21.6 Å². The van der Waals surface area contributed by atoms with Crippen LogP contribution in [0.15, 0.2) is 64.3 Å². The molecule has 0 unspecified atom stereocenters. The number of sulfonamides is 1. The molecule has 0 saturated heterocycles. The van der Waals surface area contributed by atoms with Crippen molar-refractivity contribution < 1.29 is 17.7 Å². The van der Waals surface area contributed by atoms with Crippen molar-refractivity contribution in [3.05, 3.63) is 60.6 Å². The van der Waals surface area contributed by atoms with Gasteiger partial charge >= 0.3 is 0 Å². The zero-order valence-corrected chi connectivity index (χ0v) is 16.4. The topological polar surface area (TPSA) is 114 Å². The van der Waals surface area contributed by atoms with E-state index in [2.05, 4.69) is 20.2 Å². The Balaban J connectivity index is 1.78. The normalized spacial score (nSPS) is 12.0. The van der Waals surface area contributed by atoms with Gasteiger partial charge < -0.3 is 9.84 Å². The van der Waals surface area contributed by atoms with E-state index >= 15 is 0 Å². The Kier molecular flexibility index (Phi) is 5.30. The fraction of sp³-hybridized carbons (Fsp3) is 0.211. The van der Waals surface area contributed by atoms with Gasteiger partial charge in [0.2, 0.25) is 10.0 Å². The highest BCUT2D eigenvalue weighted by atomic mass is 32.2. The molecule has 1 aromatic carbocycles. The minimum atomic E-state index is -3.71. The van der Waals surface area contributed by atoms with Crippen LogP contribution in [0.1, 0.15) is 31.3 Å². The van der Waals surface area contributed by atoms with Gasteiger partial charge in [0.05, 0.1) is 4.90 Å². The molecule has 8 nitrogen and oxygen atoms in total. The minimum absolute atomic E-state index is 0.0536. The van der Waals surface area contributed by atoms with Gasteiger partial charge in [-0.25, -0.2) is 13.1 Å². The predicted octanol–water partition coefficient (Wildman–Crippen LogP) is 3.07. The van der Waals surface area contributed by atoms with E-state index in [1.165, 1.54) is 18.2 Å². The summed E-state index contributed by atoms with van der Waals surface area (Å²) in [6.07, 6.45) is 3.21. The van der Waals surface area contributed by atoms with Gasteiger partial charge in [0, 0.05) is 35.2 Å². The fourth-order valence-corrected chi connectivity index (χ4v) is 3.90. The van der Waals surface area contributed by atoms with E-state index in [0.717, 1.165) is 5.56 Å². The maximum atomic E-state index is 12.5. The van der Waals surface area contributed by atoms with Gasteiger partial charge in [-0.05, 0) is 51.1 Å². The first kappa shape index (κ1) is 19.7. The molecule has 0 spiro atoms. The Morgan fingerprint density at radius 3 is 2.46 bits per heavy atom. The number of nitrogens with one attached hydrogen (secondary N) is 2. The standard InChI is InChI=1S/C19H20N4O4S/c1-19(2,3)23-28(25,26)15-6-4-5-14(11-15)21-18(24)16-12-17(27-22-16)13-7-9-20-10-8-13/h4-12,23H,1-3H3,(H,21,24). The van der Waals surface area contributed by atoms with Crippen molar-refractivity contribution in [3.8, 4) is 11.3 Å². The fourth-order valence-electron chi connectivity index (χ4n) is 2.43. The van der Waals surface area contributed by atoms with Crippen molar-refractivity contribution in [3.63, 3.8) is 0 Å². The third kappa shape index (κ3) is 4.81. The van der Waals surface area contributed by atoms with Gasteiger partial charge in [0.15, 0.2) is 11.5 Å². The first-order chi connectivity index (χ1) is 13.1. The highest BCUT2D eigenvalue weighted by Gasteiger charge is 2.22. The van der Waals surface area contributed by atoms with E-state index in [1.807, 2.05) is 0 Å². The first-order valence-corrected chi connectivity index (χ1v) is 9.95. The number of amides is 1. The lowest BCUT2D eigenvalue weighted by atomic mass is 10.1. The summed E-state index contributed by atoms with van der Waals surface area (Å²) >= 11 is 0. The Hall–Kier alpha value is -3.04. The molecule has 0 radical (unpaired) electrons. The molecule has 0 saturated carbocycles. The number of carbonyl (C=O) groups is 1. The molecular formula is C19H20N4O4S. The van der Waals surface area contributed by atoms with Crippen molar-refractivity contribution in [1.82, 2.24) is 14.9 Å². The van der Waals surface area contributed by atoms with E-state index in [-0.39, 0.29) is 10.6 Å². The predicted molar refractivity (Wildman–Crippen MR) is 104 cm³/mol. The Morgan fingerprint density at radius 1 is 1.07 bits per heavy atom. The number of nitrogens with zero attached hydrogens (tertiary/aromatic N) is 2. The average Bonchev–Trinajstić information content (AvgIpc) is 3.11. The SMILES string of the molecule is CC(C)(C)NS(=O)(=O)c1cccc(NC(=O)c2cc(-c3ccncc3)on2)c1. The van der Waals surface area contributed by atoms with E-state index in [1.54, 1.807) is 57.4 Å². The van der Waals surface area contributed by atoms with Crippen LogP contribution in [0.3, 0.4) is 0 Å². The van der Waals surface area contributed by atoms with Crippen molar-refractivity contribution in [2.75, 3.05) is 5.32 Å². The molecule has 9 heteroatoms. The smallest absolute Gasteiger partial charge is 0.277 e. The molecule has 0 aliphatic heterocycles. The molecule has 3 rings (SSSR count). The highest BCUT2D eigenvalue weighted by Crippen LogP contribution is 2.21. The lowest BCUT2D eigenvalue weighted by molar-refractivity contribution is 0.101. The van der Waals surface area contributed by atoms with Crippen LogP contribution in [0, 0.1) is 0 Å². The summed E-state index contributed by atoms with van der Waals surface area (Å²) in [5, 5.41) is 6.40. The second-order valence-electron chi connectivity index (χ2n) is 7.15. The van der Waals surface area contributed by atoms with Crippen LogP contribution in [0.5, 0.6) is 0 Å². The molecule has 3 aromatic rings. The maximum absolute atomic E-state index is 12.5. The van der Waals surface area contributed by atoms with E-state index < -0.39 is 21.5 Å². The van der Waals surface area contributed by atoms with Crippen LogP contribution in [0.25, 0.3) is 11.3 Å². The molecule has 0 aliphatic carbocycles. The van der Waals surface area contributed by atoms with Crippen LogP contribution >= 0.6 is 0 Å². The zero-order chi connectivity index (χ0) is 20.4. The van der Waals surface area contributed by atoms with Crippen molar-refractivity contribution in [2.45, 2.75) is 31.2 Å². The van der Waals surface area contributed by atoms with Gasteiger partial charge in [-0.2, -0.15) is 0 Å². The third-order valence-electron chi connectivity index (χ3n) is 3.55. The van der Waals surface area contributed by atoms with Gasteiger partial charge in [-0.3, -0.25) is 9.78 Å². The van der Waals surface area contributed by atoms with E-state index in [9.17, 15) is 13.2 Å². The summed E-state index contributed by atoms with van der Waals surface area (Å²) in [5.74, 6) is -0.0827. The molecule has 28 heavy (non-hydrogen) atoms. The minimum Gasteiger partial charge on any atom is -0.355 e. The molecule has 1 amide bonds. The van der Waals surface area contributed by atoms with Gasteiger partial charge in [0.1, 0.15) is 0 Å². The van der Waals surface area contributed by atoms with Gasteiger partial charge in [-0.15, -0.1) is 0 Å². The number of aromatic nitrogens is 2. The summed E-state index contributed by atoms with van der Waals surface area (Å²) in [7, 11) is -3.71. The Bertz CT molecular complexity index is 1090. The van der Waals surface area contributed by atoms with Crippen LogP contribution in [-0.4, -0.2) is 30.0 Å². The van der Waals surface area contributed by atoms with Crippen molar-refractivity contribution in [1.29, 1.82) is 0 Å². The van der Waals surface area contributed by atoms with Gasteiger partial charge in [0.25, 0.3) is 5.91 Å². The molecular weight excluding hydrogens is 380 g/mol. The molecule has 146 valence electrons. The third-order valence-corrected chi connectivity index (χ3v) is 5.31. The van der Waals surface area contributed by atoms with Gasteiger partial charge in [-0.1, -0.05) is 11.2 Å².